The van der Waals surface area contributed by atoms with Crippen molar-refractivity contribution in [2.24, 2.45) is 0 Å². The van der Waals surface area contributed by atoms with E-state index in [1.165, 1.54) is 0 Å². The van der Waals surface area contributed by atoms with Gasteiger partial charge in [0, 0.05) is 64.6 Å². The summed E-state index contributed by atoms with van der Waals surface area (Å²) in [5.41, 5.74) is 1.08. The molecule has 0 saturated carbocycles. The summed E-state index contributed by atoms with van der Waals surface area (Å²) in [5, 5.41) is 0. The first-order valence-electron chi connectivity index (χ1n) is 9.40. The molecule has 0 aromatic carbocycles. The Hall–Kier alpha value is -1.50. The van der Waals surface area contributed by atoms with E-state index in [9.17, 15) is 4.79 Å². The highest BCUT2D eigenvalue weighted by Gasteiger charge is 2.24. The van der Waals surface area contributed by atoms with Crippen molar-refractivity contribution in [2.75, 3.05) is 52.9 Å². The third-order valence-corrected chi connectivity index (χ3v) is 5.18. The van der Waals surface area contributed by atoms with Gasteiger partial charge in [-0.15, -0.1) is 0 Å². The highest BCUT2D eigenvalue weighted by Crippen LogP contribution is 2.16. The Balaban J connectivity index is 1.39. The predicted molar refractivity (Wildman–Crippen MR) is 97.2 cm³/mol. The number of likely N-dealkylation sites (N-methyl/N-ethyl adjacent to an activating group) is 1. The summed E-state index contributed by atoms with van der Waals surface area (Å²) < 4.78 is 6.01. The van der Waals surface area contributed by atoms with Crippen LogP contribution in [0.2, 0.25) is 0 Å². The number of hydrogen-bond donors (Lipinski definition) is 0. The molecule has 2 aliphatic heterocycles. The van der Waals surface area contributed by atoms with Gasteiger partial charge in [0.05, 0.1) is 12.7 Å². The molecule has 2 saturated heterocycles. The Morgan fingerprint density at radius 1 is 1.28 bits per heavy atom. The molecule has 6 heteroatoms. The van der Waals surface area contributed by atoms with Crippen LogP contribution in [0.1, 0.15) is 24.8 Å². The minimum atomic E-state index is 0.140. The van der Waals surface area contributed by atoms with Crippen LogP contribution < -0.4 is 0 Å². The summed E-state index contributed by atoms with van der Waals surface area (Å²) in [6.45, 7) is 7.38. The molecule has 3 rings (SSSR count). The fourth-order valence-electron chi connectivity index (χ4n) is 3.48. The van der Waals surface area contributed by atoms with Crippen molar-refractivity contribution in [3.05, 3.63) is 30.1 Å². The number of hydrogen-bond acceptors (Lipinski definition) is 5. The van der Waals surface area contributed by atoms with Crippen molar-refractivity contribution < 1.29 is 9.53 Å². The lowest BCUT2D eigenvalue weighted by molar-refractivity contribution is -0.136. The smallest absolute Gasteiger partial charge is 0.223 e. The Kier molecular flexibility index (Phi) is 6.78. The normalized spacial score (nSPS) is 22.9. The first kappa shape index (κ1) is 18.3. The number of piperazine rings is 1. The van der Waals surface area contributed by atoms with Crippen molar-refractivity contribution >= 4 is 5.91 Å². The second-order valence-electron chi connectivity index (χ2n) is 7.17. The lowest BCUT2D eigenvalue weighted by Gasteiger charge is -2.35. The van der Waals surface area contributed by atoms with E-state index >= 15 is 0 Å². The summed E-state index contributed by atoms with van der Waals surface area (Å²) in [5.74, 6) is 0.272. The Bertz CT molecular complexity index is 531. The van der Waals surface area contributed by atoms with Gasteiger partial charge in [-0.05, 0) is 31.5 Å². The topological polar surface area (TPSA) is 48.9 Å². The van der Waals surface area contributed by atoms with Crippen molar-refractivity contribution in [1.82, 2.24) is 19.7 Å². The van der Waals surface area contributed by atoms with E-state index in [0.29, 0.717) is 13.0 Å². The monoisotopic (exact) mass is 346 g/mol. The van der Waals surface area contributed by atoms with Gasteiger partial charge >= 0.3 is 0 Å². The van der Waals surface area contributed by atoms with Gasteiger partial charge in [-0.3, -0.25) is 9.78 Å². The maximum Gasteiger partial charge on any atom is 0.223 e. The van der Waals surface area contributed by atoms with Crippen LogP contribution in [0.25, 0.3) is 0 Å². The zero-order valence-electron chi connectivity index (χ0n) is 15.3. The molecule has 0 aliphatic carbocycles. The molecule has 1 atom stereocenters. The third-order valence-electron chi connectivity index (χ3n) is 5.18. The fraction of sp³-hybridized carbons (Fsp3) is 0.684. The number of piperidine rings is 1. The van der Waals surface area contributed by atoms with E-state index < -0.39 is 0 Å². The number of amides is 1. The lowest BCUT2D eigenvalue weighted by atomic mass is 10.1. The van der Waals surface area contributed by atoms with Gasteiger partial charge in [0.2, 0.25) is 5.91 Å². The van der Waals surface area contributed by atoms with E-state index in [2.05, 4.69) is 21.8 Å². The number of likely N-dealkylation sites (tertiary alicyclic amines) is 1. The summed E-state index contributed by atoms with van der Waals surface area (Å²) in [4.78, 5) is 23.4. The van der Waals surface area contributed by atoms with Gasteiger partial charge in [-0.2, -0.15) is 0 Å². The van der Waals surface area contributed by atoms with Crippen molar-refractivity contribution in [3.63, 3.8) is 0 Å². The minimum Gasteiger partial charge on any atom is -0.372 e. The van der Waals surface area contributed by atoms with Gasteiger partial charge in [0.15, 0.2) is 0 Å². The number of pyridine rings is 1. The number of ether oxygens (including phenoxy) is 1. The predicted octanol–water partition coefficient (Wildman–Crippen LogP) is 1.23. The molecule has 0 bridgehead atoms. The molecule has 2 aliphatic rings. The van der Waals surface area contributed by atoms with Gasteiger partial charge in [0.1, 0.15) is 0 Å². The average Bonchev–Trinajstić information content (AvgIpc) is 2.67. The first-order valence-corrected chi connectivity index (χ1v) is 9.40. The van der Waals surface area contributed by atoms with E-state index in [1.807, 2.05) is 23.2 Å². The lowest BCUT2D eigenvalue weighted by Crippen LogP contribution is -2.47. The van der Waals surface area contributed by atoms with Gasteiger partial charge in [-0.25, -0.2) is 0 Å². The number of carbonyl (C=O) groups is 1. The Morgan fingerprint density at radius 3 is 2.88 bits per heavy atom. The van der Waals surface area contributed by atoms with Crippen LogP contribution in [0.3, 0.4) is 0 Å². The molecule has 0 spiro atoms. The summed E-state index contributed by atoms with van der Waals surface area (Å²) in [6.07, 6.45) is 6.42. The van der Waals surface area contributed by atoms with Gasteiger partial charge in [0.25, 0.3) is 0 Å². The highest BCUT2D eigenvalue weighted by atomic mass is 16.5. The molecule has 0 unspecified atom stereocenters. The Labute approximate surface area is 150 Å². The van der Waals surface area contributed by atoms with Crippen LogP contribution in [0.4, 0.5) is 0 Å². The second-order valence-corrected chi connectivity index (χ2v) is 7.17. The van der Waals surface area contributed by atoms with E-state index in [-0.39, 0.29) is 12.0 Å². The van der Waals surface area contributed by atoms with Crippen LogP contribution in [-0.2, 0) is 16.1 Å². The van der Waals surface area contributed by atoms with Crippen LogP contribution >= 0.6 is 0 Å². The fourth-order valence-corrected chi connectivity index (χ4v) is 3.48. The molecule has 25 heavy (non-hydrogen) atoms. The molecule has 3 heterocycles. The molecule has 6 nitrogen and oxygen atoms in total. The van der Waals surface area contributed by atoms with Crippen molar-refractivity contribution in [1.29, 1.82) is 0 Å². The summed E-state index contributed by atoms with van der Waals surface area (Å²) >= 11 is 0. The van der Waals surface area contributed by atoms with Gasteiger partial charge < -0.3 is 19.4 Å². The molecular weight excluding hydrogens is 316 g/mol. The highest BCUT2D eigenvalue weighted by molar-refractivity contribution is 5.76. The quantitative estimate of drug-likeness (QED) is 0.775. The first-order chi connectivity index (χ1) is 12.2. The average molecular weight is 346 g/mol. The number of rotatable bonds is 6. The van der Waals surface area contributed by atoms with Crippen molar-refractivity contribution in [2.45, 2.75) is 32.0 Å². The van der Waals surface area contributed by atoms with E-state index in [4.69, 9.17) is 4.74 Å². The minimum absolute atomic E-state index is 0.140. The number of aromatic nitrogens is 1. The van der Waals surface area contributed by atoms with Crippen LogP contribution in [0.5, 0.6) is 0 Å². The van der Waals surface area contributed by atoms with Crippen molar-refractivity contribution in [3.8, 4) is 0 Å². The molecule has 0 radical (unpaired) electrons. The standard InChI is InChI=1S/C19H30N4O2/c1-21-10-12-22(13-11-21)9-6-19(24)23-8-3-5-18(15-23)25-16-17-4-2-7-20-14-17/h2,4,7,14,18H,3,5-6,8-13,15-16H2,1H3/t18-/m1/s1. The van der Waals surface area contributed by atoms with E-state index in [0.717, 1.165) is 64.2 Å². The molecule has 1 aromatic rings. The zero-order chi connectivity index (χ0) is 17.5. The largest absolute Gasteiger partial charge is 0.372 e. The molecular formula is C19H30N4O2. The van der Waals surface area contributed by atoms with E-state index in [1.54, 1.807) is 6.20 Å². The SMILES string of the molecule is CN1CCN(CCC(=O)N2CCC[C@@H](OCc3cccnc3)C2)CC1. The molecule has 138 valence electrons. The number of carbonyl (C=O) groups excluding carboxylic acids is 1. The molecule has 2 fully saturated rings. The Morgan fingerprint density at radius 2 is 2.12 bits per heavy atom. The third kappa shape index (κ3) is 5.76. The van der Waals surface area contributed by atoms with Crippen LogP contribution in [0.15, 0.2) is 24.5 Å². The van der Waals surface area contributed by atoms with Gasteiger partial charge in [-0.1, -0.05) is 6.07 Å². The molecule has 0 N–H and O–H groups in total. The van der Waals surface area contributed by atoms with Crippen LogP contribution in [-0.4, -0.2) is 84.6 Å². The number of nitrogens with zero attached hydrogens (tertiary/aromatic N) is 4. The zero-order valence-corrected chi connectivity index (χ0v) is 15.3. The maximum absolute atomic E-state index is 12.5. The second kappa shape index (κ2) is 9.27. The summed E-state index contributed by atoms with van der Waals surface area (Å²) in [6, 6.07) is 3.95. The molecule has 1 aromatic heterocycles. The van der Waals surface area contributed by atoms with Crippen LogP contribution in [0, 0.1) is 0 Å². The maximum atomic E-state index is 12.5. The summed E-state index contributed by atoms with van der Waals surface area (Å²) in [7, 11) is 2.15. The molecule has 1 amide bonds.